The van der Waals surface area contributed by atoms with Crippen LogP contribution in [0.15, 0.2) is 68.8 Å². The molecule has 2 heterocycles. The van der Waals surface area contributed by atoms with E-state index in [9.17, 15) is 14.4 Å². The number of H-pyrrole nitrogens is 1. The molecule has 0 radical (unpaired) electrons. The number of fused-ring (bicyclic) bond motifs is 1. The molecule has 0 aliphatic heterocycles. The van der Waals surface area contributed by atoms with Gasteiger partial charge in [0.05, 0.1) is 26.3 Å². The maximum atomic E-state index is 13.5. The third kappa shape index (κ3) is 4.98. The van der Waals surface area contributed by atoms with E-state index in [-0.39, 0.29) is 36.9 Å². The highest BCUT2D eigenvalue weighted by molar-refractivity contribution is 5.99. The molecule has 0 fully saturated rings. The van der Waals surface area contributed by atoms with Gasteiger partial charge in [-0.05, 0) is 24.1 Å². The minimum Gasteiger partial charge on any atom is -0.497 e. The summed E-state index contributed by atoms with van der Waals surface area (Å²) in [7, 11) is 1.57. The van der Waals surface area contributed by atoms with Crippen molar-refractivity contribution in [3.8, 4) is 5.75 Å². The quantitative estimate of drug-likeness (QED) is 0.382. The number of carbonyl (C=O) groups excluding carboxylic acids is 1. The Labute approximate surface area is 201 Å². The number of methoxy groups -OCH3 is 1. The van der Waals surface area contributed by atoms with Crippen LogP contribution in [0.3, 0.4) is 0 Å². The Balaban J connectivity index is 1.71. The van der Waals surface area contributed by atoms with Crippen molar-refractivity contribution in [2.45, 2.75) is 32.7 Å². The molecule has 182 valence electrons. The van der Waals surface area contributed by atoms with E-state index in [1.165, 1.54) is 15.7 Å². The maximum Gasteiger partial charge on any atom is 0.330 e. The number of carbonyl (C=O) groups is 1. The van der Waals surface area contributed by atoms with Crippen molar-refractivity contribution in [1.82, 2.24) is 9.55 Å². The van der Waals surface area contributed by atoms with E-state index >= 15 is 0 Å². The van der Waals surface area contributed by atoms with Crippen molar-refractivity contribution in [2.24, 2.45) is 0 Å². The number of unbranched alkanes of at least 4 members (excludes halogenated alkanes) is 1. The van der Waals surface area contributed by atoms with E-state index in [0.717, 1.165) is 17.4 Å². The number of nitrogens with two attached hydrogens (primary N) is 1. The number of benzene rings is 2. The summed E-state index contributed by atoms with van der Waals surface area (Å²) in [6, 6.07) is 14.7. The van der Waals surface area contributed by atoms with E-state index in [1.54, 1.807) is 19.2 Å². The summed E-state index contributed by atoms with van der Waals surface area (Å²) < 4.78 is 12.1. The van der Waals surface area contributed by atoms with Crippen LogP contribution in [0.4, 0.5) is 11.5 Å². The highest BCUT2D eigenvalue weighted by atomic mass is 16.5. The van der Waals surface area contributed by atoms with Crippen LogP contribution in [0.25, 0.3) is 11.0 Å². The van der Waals surface area contributed by atoms with E-state index in [4.69, 9.17) is 14.9 Å². The van der Waals surface area contributed by atoms with E-state index in [1.807, 2.05) is 43.3 Å². The Bertz CT molecular complexity index is 1450. The number of anilines is 2. The van der Waals surface area contributed by atoms with E-state index in [2.05, 4.69) is 4.98 Å². The summed E-state index contributed by atoms with van der Waals surface area (Å²) in [6.45, 7) is 2.44. The number of aromatic nitrogens is 2. The molecule has 0 saturated heterocycles. The summed E-state index contributed by atoms with van der Waals surface area (Å²) >= 11 is 0. The number of nitrogen functional groups attached to an aromatic ring is 1. The van der Waals surface area contributed by atoms with E-state index < -0.39 is 11.2 Å². The summed E-state index contributed by atoms with van der Waals surface area (Å²) in [5, 5.41) is 0.783. The van der Waals surface area contributed by atoms with E-state index in [0.29, 0.717) is 23.3 Å². The molecule has 0 spiro atoms. The smallest absolute Gasteiger partial charge is 0.330 e. The van der Waals surface area contributed by atoms with Gasteiger partial charge in [-0.15, -0.1) is 0 Å². The number of hydrogen-bond acceptors (Lipinski definition) is 6. The van der Waals surface area contributed by atoms with Gasteiger partial charge in [0, 0.05) is 23.6 Å². The molecule has 9 heteroatoms. The molecular weight excluding hydrogens is 448 g/mol. The average molecular weight is 477 g/mol. The second kappa shape index (κ2) is 10.3. The fourth-order valence-electron chi connectivity index (χ4n) is 4.02. The molecule has 0 aliphatic carbocycles. The van der Waals surface area contributed by atoms with Gasteiger partial charge in [-0.25, -0.2) is 4.79 Å². The molecule has 0 atom stereocenters. The number of nitrogens with zero attached hydrogens (tertiary/aromatic N) is 2. The number of hydrogen-bond donors (Lipinski definition) is 2. The monoisotopic (exact) mass is 476 g/mol. The first kappa shape index (κ1) is 23.9. The van der Waals surface area contributed by atoms with Crippen molar-refractivity contribution in [3.05, 3.63) is 86.8 Å². The molecule has 1 amide bonds. The lowest BCUT2D eigenvalue weighted by molar-refractivity contribution is -0.118. The van der Waals surface area contributed by atoms with Crippen molar-refractivity contribution in [2.75, 3.05) is 24.3 Å². The first-order valence-corrected chi connectivity index (χ1v) is 11.4. The highest BCUT2D eigenvalue weighted by Crippen LogP contribution is 2.27. The van der Waals surface area contributed by atoms with Gasteiger partial charge in [-0.3, -0.25) is 19.1 Å². The standard InChI is InChI=1S/C26H28N4O5/c1-3-4-12-29(22(31)13-18-16-35-21-14-19(34-2)10-11-20(18)21)23-24(27)30(26(33)28-25(23)32)15-17-8-6-5-7-9-17/h5-11,14,16H,3-4,12-13,15,27H2,1-2H3,(H,28,32,33). The van der Waals surface area contributed by atoms with Gasteiger partial charge in [0.25, 0.3) is 5.56 Å². The molecule has 2 aromatic carbocycles. The summed E-state index contributed by atoms with van der Waals surface area (Å²) in [5.41, 5.74) is 7.14. The Morgan fingerprint density at radius 3 is 2.66 bits per heavy atom. The predicted octanol–water partition coefficient (Wildman–Crippen LogP) is 3.30. The lowest BCUT2D eigenvalue weighted by atomic mass is 10.1. The largest absolute Gasteiger partial charge is 0.497 e. The maximum absolute atomic E-state index is 13.5. The van der Waals surface area contributed by atoms with Crippen molar-refractivity contribution in [1.29, 1.82) is 0 Å². The molecular formula is C26H28N4O5. The molecule has 9 nitrogen and oxygen atoms in total. The molecule has 35 heavy (non-hydrogen) atoms. The number of aromatic amines is 1. The van der Waals surface area contributed by atoms with Crippen LogP contribution < -0.4 is 26.6 Å². The normalized spacial score (nSPS) is 11.0. The zero-order valence-electron chi connectivity index (χ0n) is 19.7. The Kier molecular flexibility index (Phi) is 7.05. The van der Waals surface area contributed by atoms with Gasteiger partial charge in [0.15, 0.2) is 5.69 Å². The van der Waals surface area contributed by atoms with Crippen LogP contribution in [-0.2, 0) is 17.8 Å². The summed E-state index contributed by atoms with van der Waals surface area (Å²) in [6.07, 6.45) is 3.00. The number of nitrogens with one attached hydrogen (secondary N) is 1. The SMILES string of the molecule is CCCCN(C(=O)Cc1coc2cc(OC)ccc12)c1c(N)n(Cc2ccccc2)c(=O)[nH]c1=O. The number of ether oxygens (including phenoxy) is 1. The van der Waals surface area contributed by atoms with Gasteiger partial charge >= 0.3 is 5.69 Å². The zero-order chi connectivity index (χ0) is 24.9. The highest BCUT2D eigenvalue weighted by Gasteiger charge is 2.25. The lowest BCUT2D eigenvalue weighted by Crippen LogP contribution is -2.42. The van der Waals surface area contributed by atoms with Crippen molar-refractivity contribution < 1.29 is 13.9 Å². The molecule has 4 aromatic rings. The molecule has 2 aromatic heterocycles. The number of furan rings is 1. The predicted molar refractivity (Wildman–Crippen MR) is 135 cm³/mol. The summed E-state index contributed by atoms with van der Waals surface area (Å²) in [5.74, 6) is 0.280. The molecule has 3 N–H and O–H groups in total. The second-order valence-corrected chi connectivity index (χ2v) is 8.26. The Hall–Kier alpha value is -4.27. The van der Waals surface area contributed by atoms with Gasteiger partial charge < -0.3 is 19.8 Å². The average Bonchev–Trinajstić information content (AvgIpc) is 3.25. The minimum atomic E-state index is -0.692. The summed E-state index contributed by atoms with van der Waals surface area (Å²) in [4.78, 5) is 42.7. The Morgan fingerprint density at radius 2 is 1.94 bits per heavy atom. The van der Waals surface area contributed by atoms with Crippen LogP contribution >= 0.6 is 0 Å². The third-order valence-electron chi connectivity index (χ3n) is 5.91. The topological polar surface area (TPSA) is 124 Å². The second-order valence-electron chi connectivity index (χ2n) is 8.26. The van der Waals surface area contributed by atoms with Crippen molar-refractivity contribution >= 4 is 28.4 Å². The number of amides is 1. The minimum absolute atomic E-state index is 0.000263. The van der Waals surface area contributed by atoms with Gasteiger partial charge in [-0.1, -0.05) is 43.7 Å². The van der Waals surface area contributed by atoms with Crippen molar-refractivity contribution in [3.63, 3.8) is 0 Å². The van der Waals surface area contributed by atoms with Crippen LogP contribution in [0.2, 0.25) is 0 Å². The molecule has 0 aliphatic rings. The Morgan fingerprint density at radius 1 is 1.17 bits per heavy atom. The van der Waals surface area contributed by atoms with Gasteiger partial charge in [-0.2, -0.15) is 0 Å². The van der Waals surface area contributed by atoms with Crippen LogP contribution in [0.5, 0.6) is 5.75 Å². The molecule has 0 saturated carbocycles. The lowest BCUT2D eigenvalue weighted by Gasteiger charge is -2.24. The molecule has 0 bridgehead atoms. The van der Waals surface area contributed by atoms with Gasteiger partial charge in [0.1, 0.15) is 17.2 Å². The zero-order valence-corrected chi connectivity index (χ0v) is 19.7. The van der Waals surface area contributed by atoms with Gasteiger partial charge in [0.2, 0.25) is 5.91 Å². The van der Waals surface area contributed by atoms with Crippen LogP contribution in [-0.4, -0.2) is 29.1 Å². The van der Waals surface area contributed by atoms with Crippen LogP contribution in [0, 0.1) is 0 Å². The fourth-order valence-corrected chi connectivity index (χ4v) is 4.02. The molecule has 0 unspecified atom stereocenters. The number of rotatable bonds is 9. The third-order valence-corrected chi connectivity index (χ3v) is 5.91. The molecule has 4 rings (SSSR count). The first-order chi connectivity index (χ1) is 16.9. The van der Waals surface area contributed by atoms with Crippen LogP contribution in [0.1, 0.15) is 30.9 Å². The fraction of sp³-hybridized carbons (Fsp3) is 0.269. The first-order valence-electron chi connectivity index (χ1n) is 11.4.